The topological polar surface area (TPSA) is 38.8 Å². The molecule has 2 aliphatic rings. The molecule has 0 radical (unpaired) electrons. The quantitative estimate of drug-likeness (QED) is 0.494. The number of hydrogen-bond acceptors (Lipinski definition) is 3. The molecule has 1 heterocycles. The van der Waals surface area contributed by atoms with Crippen molar-refractivity contribution >= 4 is 5.97 Å². The third-order valence-corrected chi connectivity index (χ3v) is 4.00. The van der Waals surface area contributed by atoms with Crippen LogP contribution < -0.4 is 0 Å². The van der Waals surface area contributed by atoms with Gasteiger partial charge in [-0.3, -0.25) is 0 Å². The molecule has 3 nitrogen and oxygen atoms in total. The van der Waals surface area contributed by atoms with Gasteiger partial charge in [-0.25, -0.2) is 4.79 Å². The van der Waals surface area contributed by atoms with E-state index in [1.807, 2.05) is 6.92 Å². The zero-order valence-electron chi connectivity index (χ0n) is 10.1. The molecule has 15 heavy (non-hydrogen) atoms. The Bertz CT molecular complexity index is 297. The first-order valence-electron chi connectivity index (χ1n) is 5.64. The van der Waals surface area contributed by atoms with Crippen LogP contribution in [0.1, 0.15) is 46.5 Å². The van der Waals surface area contributed by atoms with E-state index in [2.05, 4.69) is 13.8 Å². The highest BCUT2D eigenvalue weighted by atomic mass is 16.7. The summed E-state index contributed by atoms with van der Waals surface area (Å²) in [5.41, 5.74) is -0.634. The molecule has 1 aliphatic carbocycles. The van der Waals surface area contributed by atoms with Crippen LogP contribution >= 0.6 is 0 Å². The summed E-state index contributed by atoms with van der Waals surface area (Å²) in [6.07, 6.45) is 4.31. The summed E-state index contributed by atoms with van der Waals surface area (Å²) in [5, 5.41) is 0. The Kier molecular flexibility index (Phi) is 2.16. The van der Waals surface area contributed by atoms with Crippen LogP contribution in [0, 0.1) is 5.41 Å². The van der Waals surface area contributed by atoms with Gasteiger partial charge in [-0.2, -0.15) is 0 Å². The van der Waals surface area contributed by atoms with Gasteiger partial charge >= 0.3 is 5.97 Å². The van der Waals surface area contributed by atoms with Crippen molar-refractivity contribution in [2.75, 3.05) is 7.11 Å². The maximum Gasteiger partial charge on any atom is 0.340 e. The summed E-state index contributed by atoms with van der Waals surface area (Å²) < 4.78 is 10.6. The minimum Gasteiger partial charge on any atom is -0.467 e. The molecule has 0 amide bonds. The summed E-state index contributed by atoms with van der Waals surface area (Å²) in [6, 6.07) is 0. The Balaban J connectivity index is 2.15. The third kappa shape index (κ3) is 1.48. The summed E-state index contributed by atoms with van der Waals surface area (Å²) in [7, 11) is 1.43. The van der Waals surface area contributed by atoms with Crippen molar-refractivity contribution in [1.82, 2.24) is 0 Å². The van der Waals surface area contributed by atoms with Crippen molar-refractivity contribution in [3.8, 4) is 0 Å². The van der Waals surface area contributed by atoms with Gasteiger partial charge < -0.3 is 9.47 Å². The SMILES string of the molecule is COC(=O)C1(C)OC12CCCC(C)(C)C2. The predicted octanol–water partition coefficient (Wildman–Crippen LogP) is 2.29. The van der Waals surface area contributed by atoms with E-state index in [4.69, 9.17) is 9.47 Å². The molecule has 1 aliphatic heterocycles. The van der Waals surface area contributed by atoms with E-state index < -0.39 is 5.60 Å². The molecular formula is C12H20O3. The molecule has 3 heteroatoms. The number of esters is 1. The molecule has 2 atom stereocenters. The lowest BCUT2D eigenvalue weighted by Gasteiger charge is -2.34. The van der Waals surface area contributed by atoms with Gasteiger partial charge in [0.1, 0.15) is 5.60 Å². The molecule has 2 unspecified atom stereocenters. The van der Waals surface area contributed by atoms with Crippen molar-refractivity contribution < 1.29 is 14.3 Å². The number of carbonyl (C=O) groups is 1. The maximum absolute atomic E-state index is 11.6. The van der Waals surface area contributed by atoms with Crippen LogP contribution in [0.15, 0.2) is 0 Å². The first-order valence-corrected chi connectivity index (χ1v) is 5.64. The summed E-state index contributed by atoms with van der Waals surface area (Å²) in [5.74, 6) is -0.222. The fraction of sp³-hybridized carbons (Fsp3) is 0.917. The second kappa shape index (κ2) is 2.97. The van der Waals surface area contributed by atoms with Crippen LogP contribution in [0.3, 0.4) is 0 Å². The van der Waals surface area contributed by atoms with Crippen molar-refractivity contribution in [2.24, 2.45) is 5.41 Å². The predicted molar refractivity (Wildman–Crippen MR) is 56.5 cm³/mol. The van der Waals surface area contributed by atoms with Crippen molar-refractivity contribution in [3.05, 3.63) is 0 Å². The lowest BCUT2D eigenvalue weighted by atomic mass is 9.68. The van der Waals surface area contributed by atoms with Crippen molar-refractivity contribution in [2.45, 2.75) is 57.7 Å². The number of methoxy groups -OCH3 is 1. The van der Waals surface area contributed by atoms with E-state index in [0.717, 1.165) is 19.3 Å². The number of hydrogen-bond donors (Lipinski definition) is 0. The van der Waals surface area contributed by atoms with E-state index in [1.54, 1.807) is 0 Å². The first-order chi connectivity index (χ1) is 6.85. The number of carbonyl (C=O) groups excluding carboxylic acids is 1. The smallest absolute Gasteiger partial charge is 0.340 e. The molecular weight excluding hydrogens is 192 g/mol. The summed E-state index contributed by atoms with van der Waals surface area (Å²) in [6.45, 7) is 6.35. The van der Waals surface area contributed by atoms with E-state index in [-0.39, 0.29) is 17.0 Å². The fourth-order valence-corrected chi connectivity index (χ4v) is 3.08. The van der Waals surface area contributed by atoms with Crippen LogP contribution in [0.2, 0.25) is 0 Å². The highest BCUT2D eigenvalue weighted by molar-refractivity contribution is 5.84. The second-order valence-electron chi connectivity index (χ2n) is 5.82. The monoisotopic (exact) mass is 212 g/mol. The van der Waals surface area contributed by atoms with Crippen LogP contribution in [0.5, 0.6) is 0 Å². The zero-order chi connectivity index (χ0) is 11.3. The van der Waals surface area contributed by atoms with Gasteiger partial charge in [0, 0.05) is 0 Å². The average molecular weight is 212 g/mol. The van der Waals surface area contributed by atoms with Gasteiger partial charge in [-0.15, -0.1) is 0 Å². The van der Waals surface area contributed by atoms with E-state index >= 15 is 0 Å². The van der Waals surface area contributed by atoms with E-state index in [1.165, 1.54) is 13.5 Å². The Hall–Kier alpha value is -0.570. The zero-order valence-corrected chi connectivity index (χ0v) is 10.1. The standard InChI is InChI=1S/C12H20O3/c1-10(2)6-5-7-12(8-10)11(3,15-12)9(13)14-4/h5-8H2,1-4H3. The molecule has 2 rings (SSSR count). The largest absolute Gasteiger partial charge is 0.467 e. The number of rotatable bonds is 1. The Labute approximate surface area is 91.1 Å². The van der Waals surface area contributed by atoms with E-state index in [0.29, 0.717) is 0 Å². The average Bonchev–Trinajstić information content (AvgIpc) is 2.68. The molecule has 0 aromatic rings. The minimum absolute atomic E-state index is 0.222. The number of epoxide rings is 1. The van der Waals surface area contributed by atoms with Crippen LogP contribution in [0.25, 0.3) is 0 Å². The lowest BCUT2D eigenvalue weighted by molar-refractivity contribution is -0.146. The maximum atomic E-state index is 11.6. The van der Waals surface area contributed by atoms with Crippen LogP contribution in [-0.4, -0.2) is 24.3 Å². The van der Waals surface area contributed by atoms with E-state index in [9.17, 15) is 4.79 Å². The molecule has 0 bridgehead atoms. The number of ether oxygens (including phenoxy) is 2. The van der Waals surface area contributed by atoms with Gasteiger partial charge in [0.15, 0.2) is 5.60 Å². The molecule has 1 saturated heterocycles. The van der Waals surface area contributed by atoms with Gasteiger partial charge in [-0.1, -0.05) is 13.8 Å². The van der Waals surface area contributed by atoms with Crippen molar-refractivity contribution in [3.63, 3.8) is 0 Å². The first kappa shape index (κ1) is 10.9. The molecule has 1 spiro atoms. The molecule has 0 aromatic carbocycles. The summed E-state index contributed by atoms with van der Waals surface area (Å²) >= 11 is 0. The Morgan fingerprint density at radius 1 is 1.27 bits per heavy atom. The lowest BCUT2D eigenvalue weighted by Crippen LogP contribution is -2.38. The Morgan fingerprint density at radius 2 is 1.93 bits per heavy atom. The van der Waals surface area contributed by atoms with Crippen LogP contribution in [-0.2, 0) is 14.3 Å². The Morgan fingerprint density at radius 3 is 2.47 bits per heavy atom. The van der Waals surface area contributed by atoms with Gasteiger partial charge in [0.25, 0.3) is 0 Å². The molecule has 2 fully saturated rings. The highest BCUT2D eigenvalue weighted by Crippen LogP contribution is 2.60. The summed E-state index contributed by atoms with van der Waals surface area (Å²) in [4.78, 5) is 11.6. The third-order valence-electron chi connectivity index (χ3n) is 4.00. The molecule has 0 N–H and O–H groups in total. The van der Waals surface area contributed by atoms with Gasteiger partial charge in [0.05, 0.1) is 7.11 Å². The normalized spacial score (nSPS) is 42.7. The van der Waals surface area contributed by atoms with Gasteiger partial charge in [-0.05, 0) is 38.0 Å². The van der Waals surface area contributed by atoms with Crippen LogP contribution in [0.4, 0.5) is 0 Å². The highest BCUT2D eigenvalue weighted by Gasteiger charge is 2.73. The fourth-order valence-electron chi connectivity index (χ4n) is 3.08. The van der Waals surface area contributed by atoms with Gasteiger partial charge in [0.2, 0.25) is 0 Å². The second-order valence-corrected chi connectivity index (χ2v) is 5.82. The minimum atomic E-state index is -0.681. The molecule has 1 saturated carbocycles. The molecule has 86 valence electrons. The molecule has 0 aromatic heterocycles. The van der Waals surface area contributed by atoms with Crippen molar-refractivity contribution in [1.29, 1.82) is 0 Å².